The smallest absolute Gasteiger partial charge is 0.265 e. The van der Waals surface area contributed by atoms with Crippen LogP contribution in [0.3, 0.4) is 0 Å². The Labute approximate surface area is 160 Å². The van der Waals surface area contributed by atoms with Gasteiger partial charge in [0.1, 0.15) is 0 Å². The lowest BCUT2D eigenvalue weighted by Crippen LogP contribution is -2.30. The van der Waals surface area contributed by atoms with E-state index in [0.717, 1.165) is 23.4 Å². The van der Waals surface area contributed by atoms with E-state index < -0.39 is 0 Å². The molecule has 1 aliphatic rings. The van der Waals surface area contributed by atoms with Crippen LogP contribution in [0.25, 0.3) is 0 Å². The lowest BCUT2D eigenvalue weighted by molar-refractivity contribution is 0.0737. The third kappa shape index (κ3) is 3.73. The van der Waals surface area contributed by atoms with E-state index >= 15 is 0 Å². The highest BCUT2D eigenvalue weighted by molar-refractivity contribution is 7.14. The highest BCUT2D eigenvalue weighted by Gasteiger charge is 2.32. The first-order chi connectivity index (χ1) is 13.2. The van der Waals surface area contributed by atoms with Crippen molar-refractivity contribution in [3.8, 4) is 0 Å². The molecule has 0 aliphatic carbocycles. The van der Waals surface area contributed by atoms with Crippen molar-refractivity contribution in [1.82, 2.24) is 15.1 Å². The van der Waals surface area contributed by atoms with Crippen LogP contribution in [0, 0.1) is 0 Å². The minimum Gasteiger partial charge on any atom is -0.331 e. The molecular formula is C20H18N4O2S. The number of para-hydroxylation sites is 1. The molecule has 1 N–H and O–H groups in total. The fourth-order valence-electron chi connectivity index (χ4n) is 3.26. The Morgan fingerprint density at radius 2 is 1.93 bits per heavy atom. The van der Waals surface area contributed by atoms with Gasteiger partial charge >= 0.3 is 0 Å². The average Bonchev–Trinajstić information content (AvgIpc) is 3.38. The molecule has 3 heterocycles. The normalized spacial score (nSPS) is 16.3. The first-order valence-corrected chi connectivity index (χ1v) is 9.58. The molecule has 3 aromatic rings. The van der Waals surface area contributed by atoms with Crippen molar-refractivity contribution in [1.29, 1.82) is 0 Å². The molecule has 1 fully saturated rings. The van der Waals surface area contributed by atoms with Crippen LogP contribution in [0.5, 0.6) is 0 Å². The predicted molar refractivity (Wildman–Crippen MR) is 104 cm³/mol. The molecule has 136 valence electrons. The number of carbonyl (C=O) groups excluding carboxylic acids is 2. The summed E-state index contributed by atoms with van der Waals surface area (Å²) in [6.45, 7) is 0.704. The van der Waals surface area contributed by atoms with Crippen LogP contribution in [0.4, 0.5) is 5.69 Å². The Kier molecular flexibility index (Phi) is 4.93. The van der Waals surface area contributed by atoms with E-state index in [2.05, 4.69) is 15.5 Å². The van der Waals surface area contributed by atoms with E-state index in [1.165, 1.54) is 23.7 Å². The van der Waals surface area contributed by atoms with E-state index in [0.29, 0.717) is 17.0 Å². The molecule has 0 radical (unpaired) electrons. The van der Waals surface area contributed by atoms with Gasteiger partial charge in [0.05, 0.1) is 28.9 Å². The van der Waals surface area contributed by atoms with Gasteiger partial charge in [-0.1, -0.05) is 18.2 Å². The Morgan fingerprint density at radius 1 is 1.07 bits per heavy atom. The van der Waals surface area contributed by atoms with Gasteiger partial charge in [-0.25, -0.2) is 0 Å². The first kappa shape index (κ1) is 17.4. The summed E-state index contributed by atoms with van der Waals surface area (Å²) in [5, 5.41) is 10.4. The maximum Gasteiger partial charge on any atom is 0.265 e. The molecule has 1 saturated heterocycles. The number of likely N-dealkylation sites (tertiary alicyclic amines) is 1. The zero-order valence-electron chi connectivity index (χ0n) is 14.5. The van der Waals surface area contributed by atoms with Crippen molar-refractivity contribution in [2.45, 2.75) is 18.9 Å². The van der Waals surface area contributed by atoms with Gasteiger partial charge in [0.2, 0.25) is 0 Å². The molecule has 0 saturated carbocycles. The number of hydrogen-bond acceptors (Lipinski definition) is 5. The van der Waals surface area contributed by atoms with Crippen molar-refractivity contribution >= 4 is 28.8 Å². The maximum absolute atomic E-state index is 12.8. The van der Waals surface area contributed by atoms with Crippen molar-refractivity contribution in [3.05, 3.63) is 76.2 Å². The number of rotatable bonds is 4. The van der Waals surface area contributed by atoms with Gasteiger partial charge in [0.25, 0.3) is 11.8 Å². The summed E-state index contributed by atoms with van der Waals surface area (Å²) < 4.78 is 0. The standard InChI is InChI=1S/C20H18N4O2S/c25-19(23-15-5-2-1-3-6-15)18-9-8-17(27-18)16-7-4-12-24(16)20(26)14-10-11-21-22-13-14/h1-3,5-6,8-11,13,16H,4,7,12H2,(H,23,25). The number of aromatic nitrogens is 2. The molecule has 27 heavy (non-hydrogen) atoms. The minimum atomic E-state index is -0.133. The molecule has 7 heteroatoms. The second kappa shape index (κ2) is 7.67. The number of nitrogens with one attached hydrogen (secondary N) is 1. The molecule has 1 aromatic carbocycles. The van der Waals surface area contributed by atoms with Gasteiger partial charge in [-0.3, -0.25) is 9.59 Å². The molecule has 0 bridgehead atoms. The van der Waals surface area contributed by atoms with Crippen LogP contribution in [-0.4, -0.2) is 33.5 Å². The zero-order valence-corrected chi connectivity index (χ0v) is 15.4. The summed E-state index contributed by atoms with van der Waals surface area (Å²) >= 11 is 1.44. The topological polar surface area (TPSA) is 75.2 Å². The van der Waals surface area contributed by atoms with Crippen LogP contribution in [0.1, 0.15) is 43.8 Å². The Balaban J connectivity index is 1.50. The highest BCUT2D eigenvalue weighted by Crippen LogP contribution is 2.37. The first-order valence-electron chi connectivity index (χ1n) is 8.76. The van der Waals surface area contributed by atoms with E-state index in [4.69, 9.17) is 0 Å². The number of amides is 2. The minimum absolute atomic E-state index is 0.00561. The maximum atomic E-state index is 12.8. The third-order valence-electron chi connectivity index (χ3n) is 4.56. The van der Waals surface area contributed by atoms with Crippen LogP contribution in [0.2, 0.25) is 0 Å². The lowest BCUT2D eigenvalue weighted by atomic mass is 10.1. The van der Waals surface area contributed by atoms with Crippen LogP contribution in [0.15, 0.2) is 60.9 Å². The number of thiophene rings is 1. The van der Waals surface area contributed by atoms with E-state index in [1.54, 1.807) is 6.07 Å². The van der Waals surface area contributed by atoms with Crippen LogP contribution >= 0.6 is 11.3 Å². The van der Waals surface area contributed by atoms with E-state index in [9.17, 15) is 9.59 Å². The van der Waals surface area contributed by atoms with Gasteiger partial charge in [-0.2, -0.15) is 10.2 Å². The summed E-state index contributed by atoms with van der Waals surface area (Å²) in [5.74, 6) is -0.178. The van der Waals surface area contributed by atoms with Crippen molar-refractivity contribution in [2.24, 2.45) is 0 Å². The number of nitrogens with zero attached hydrogens (tertiary/aromatic N) is 3. The zero-order chi connectivity index (χ0) is 18.6. The van der Waals surface area contributed by atoms with Gasteiger partial charge in [-0.05, 0) is 43.2 Å². The fourth-order valence-corrected chi connectivity index (χ4v) is 4.31. The predicted octanol–water partition coefficient (Wildman–Crippen LogP) is 3.77. The van der Waals surface area contributed by atoms with Gasteiger partial charge in [-0.15, -0.1) is 11.3 Å². The highest BCUT2D eigenvalue weighted by atomic mass is 32.1. The summed E-state index contributed by atoms with van der Waals surface area (Å²) in [4.78, 5) is 28.8. The fraction of sp³-hybridized carbons (Fsp3) is 0.200. The summed E-state index contributed by atoms with van der Waals surface area (Å²) in [5.41, 5.74) is 1.30. The Hall–Kier alpha value is -3.06. The summed E-state index contributed by atoms with van der Waals surface area (Å²) in [6, 6.07) is 14.8. The monoisotopic (exact) mass is 378 g/mol. The molecule has 1 unspecified atom stereocenters. The molecular weight excluding hydrogens is 360 g/mol. The second-order valence-electron chi connectivity index (χ2n) is 6.31. The Morgan fingerprint density at radius 3 is 2.70 bits per heavy atom. The van der Waals surface area contributed by atoms with Gasteiger partial charge in [0.15, 0.2) is 0 Å². The van der Waals surface area contributed by atoms with Crippen molar-refractivity contribution in [2.75, 3.05) is 11.9 Å². The quantitative estimate of drug-likeness (QED) is 0.750. The third-order valence-corrected chi connectivity index (χ3v) is 5.74. The second-order valence-corrected chi connectivity index (χ2v) is 7.43. The number of anilines is 1. The SMILES string of the molecule is O=C(Nc1ccccc1)c1ccc(C2CCCN2C(=O)c2ccnnc2)s1. The summed E-state index contributed by atoms with van der Waals surface area (Å²) in [6.07, 6.45) is 4.85. The molecule has 1 atom stereocenters. The molecule has 1 aliphatic heterocycles. The molecule has 2 aromatic heterocycles. The van der Waals surface area contributed by atoms with E-state index in [-0.39, 0.29) is 17.9 Å². The van der Waals surface area contributed by atoms with Crippen molar-refractivity contribution in [3.63, 3.8) is 0 Å². The number of benzene rings is 1. The molecule has 4 rings (SSSR count). The number of carbonyl (C=O) groups is 2. The van der Waals surface area contributed by atoms with Crippen LogP contribution in [-0.2, 0) is 0 Å². The van der Waals surface area contributed by atoms with Crippen molar-refractivity contribution < 1.29 is 9.59 Å². The molecule has 2 amide bonds. The lowest BCUT2D eigenvalue weighted by Gasteiger charge is -2.23. The molecule has 6 nitrogen and oxygen atoms in total. The Bertz CT molecular complexity index is 943. The summed E-state index contributed by atoms with van der Waals surface area (Å²) in [7, 11) is 0. The van der Waals surface area contributed by atoms with Gasteiger partial charge < -0.3 is 10.2 Å². The van der Waals surface area contributed by atoms with Crippen LogP contribution < -0.4 is 5.32 Å². The van der Waals surface area contributed by atoms with E-state index in [1.807, 2.05) is 47.4 Å². The number of hydrogen-bond donors (Lipinski definition) is 1. The van der Waals surface area contributed by atoms with Gasteiger partial charge in [0, 0.05) is 17.1 Å². The molecule has 0 spiro atoms. The average molecular weight is 378 g/mol. The largest absolute Gasteiger partial charge is 0.331 e.